The van der Waals surface area contributed by atoms with Crippen LogP contribution in [0.2, 0.25) is 0 Å². The van der Waals surface area contributed by atoms with E-state index < -0.39 is 17.9 Å². The van der Waals surface area contributed by atoms with Gasteiger partial charge in [-0.1, -0.05) is 6.58 Å². The number of hydrogen-bond acceptors (Lipinski definition) is 5. The first-order valence-corrected chi connectivity index (χ1v) is 6.42. The number of esters is 1. The van der Waals surface area contributed by atoms with Crippen LogP contribution >= 0.6 is 0 Å². The second-order valence-corrected chi connectivity index (χ2v) is 5.50. The van der Waals surface area contributed by atoms with Gasteiger partial charge in [-0.3, -0.25) is 0 Å². The highest BCUT2D eigenvalue weighted by molar-refractivity contribution is 5.86. The predicted octanol–water partition coefficient (Wildman–Crippen LogP) is -0.148. The largest absolute Gasteiger partial charge is 0.550 e. The van der Waals surface area contributed by atoms with Crippen molar-refractivity contribution < 1.29 is 23.9 Å². The number of aliphatic carboxylic acids is 1. The molecule has 1 unspecified atom stereocenters. The summed E-state index contributed by atoms with van der Waals surface area (Å²) >= 11 is 0. The summed E-state index contributed by atoms with van der Waals surface area (Å²) in [5.41, 5.74) is 0.298. The number of ether oxygens (including phenoxy) is 1. The molecule has 0 aromatic rings. The molecule has 0 aliphatic heterocycles. The molecule has 6 nitrogen and oxygen atoms in total. The van der Waals surface area contributed by atoms with Crippen LogP contribution in [0.1, 0.15) is 19.8 Å². The lowest BCUT2D eigenvalue weighted by Gasteiger charge is -2.30. The number of quaternary nitrogens is 1. The molecule has 0 bridgehead atoms. The Balaban J connectivity index is 4.18. The van der Waals surface area contributed by atoms with Gasteiger partial charge >= 0.3 is 5.97 Å². The smallest absolute Gasteiger partial charge is 0.333 e. The molecule has 20 heavy (non-hydrogen) atoms. The number of carbonyl (C=O) groups is 2. The molecule has 0 heterocycles. The molecule has 0 aliphatic carbocycles. The Labute approximate surface area is 119 Å². The van der Waals surface area contributed by atoms with Crippen LogP contribution in [0.3, 0.4) is 0 Å². The first-order valence-electron chi connectivity index (χ1n) is 6.42. The number of rotatable bonds is 9. The highest BCUT2D eigenvalue weighted by Crippen LogP contribution is 2.09. The number of nitrogens with zero attached hydrogens (tertiary/aromatic N) is 2. The standard InChI is InChI=1S/C14H22N2O4/c1-11(2)14(19)20-10-12(9-15)5-7-16(3,4)8-6-13(17)18/h12H,1,5-8,10H2,2-4H3. The highest BCUT2D eigenvalue weighted by Gasteiger charge is 2.19. The number of nitriles is 1. The quantitative estimate of drug-likeness (QED) is 0.333. The molecule has 0 aromatic heterocycles. The molecule has 0 saturated carbocycles. The molecule has 0 rings (SSSR count). The second-order valence-electron chi connectivity index (χ2n) is 5.50. The summed E-state index contributed by atoms with van der Waals surface area (Å²) in [5.74, 6) is -1.99. The van der Waals surface area contributed by atoms with Crippen LogP contribution in [0.15, 0.2) is 12.2 Å². The Hall–Kier alpha value is -1.87. The minimum Gasteiger partial charge on any atom is -0.550 e. The zero-order valence-electron chi connectivity index (χ0n) is 12.3. The van der Waals surface area contributed by atoms with Crippen LogP contribution in [0.25, 0.3) is 0 Å². The fourth-order valence-electron chi connectivity index (χ4n) is 1.50. The molecule has 112 valence electrons. The third-order valence-corrected chi connectivity index (χ3v) is 2.95. The Kier molecular flexibility index (Phi) is 7.55. The van der Waals surface area contributed by atoms with E-state index in [1.165, 1.54) is 0 Å². The summed E-state index contributed by atoms with van der Waals surface area (Å²) < 4.78 is 5.42. The van der Waals surface area contributed by atoms with E-state index in [1.54, 1.807) is 6.92 Å². The van der Waals surface area contributed by atoms with E-state index >= 15 is 0 Å². The summed E-state index contributed by atoms with van der Waals surface area (Å²) in [5, 5.41) is 19.5. The number of carbonyl (C=O) groups excluding carboxylic acids is 2. The van der Waals surface area contributed by atoms with Crippen molar-refractivity contribution in [2.45, 2.75) is 19.8 Å². The Morgan fingerprint density at radius 3 is 2.45 bits per heavy atom. The summed E-state index contributed by atoms with van der Waals surface area (Å²) in [4.78, 5) is 21.7. The molecule has 0 spiro atoms. The van der Waals surface area contributed by atoms with E-state index in [1.807, 2.05) is 14.1 Å². The maximum absolute atomic E-state index is 11.2. The minimum absolute atomic E-state index is 0.0190. The number of carboxylic acids is 1. The van der Waals surface area contributed by atoms with Crippen molar-refractivity contribution in [3.63, 3.8) is 0 Å². The summed E-state index contributed by atoms with van der Waals surface area (Å²) in [6.45, 7) is 6.10. The van der Waals surface area contributed by atoms with Gasteiger partial charge < -0.3 is 19.1 Å². The van der Waals surface area contributed by atoms with E-state index in [2.05, 4.69) is 12.6 Å². The van der Waals surface area contributed by atoms with Crippen molar-refractivity contribution in [1.82, 2.24) is 0 Å². The summed E-state index contributed by atoms with van der Waals surface area (Å²) in [7, 11) is 3.77. The van der Waals surface area contributed by atoms with Crippen LogP contribution in [0.5, 0.6) is 0 Å². The second kappa shape index (κ2) is 8.33. The first-order chi connectivity index (χ1) is 9.18. The van der Waals surface area contributed by atoms with Gasteiger partial charge in [0.15, 0.2) is 0 Å². The maximum atomic E-state index is 11.2. The molecule has 1 atom stereocenters. The predicted molar refractivity (Wildman–Crippen MR) is 71.0 cm³/mol. The SMILES string of the molecule is C=C(C)C(=O)OCC(C#N)CC[N+](C)(C)CCC(=O)[O-]. The van der Waals surface area contributed by atoms with Gasteiger partial charge in [0.2, 0.25) is 0 Å². The van der Waals surface area contributed by atoms with E-state index in [0.717, 1.165) is 0 Å². The van der Waals surface area contributed by atoms with Crippen LogP contribution < -0.4 is 5.11 Å². The number of carboxylic acid groups (broad SMARTS) is 1. The first kappa shape index (κ1) is 18.1. The molecule has 0 amide bonds. The fourth-order valence-corrected chi connectivity index (χ4v) is 1.50. The maximum Gasteiger partial charge on any atom is 0.333 e. The van der Waals surface area contributed by atoms with Gasteiger partial charge in [0, 0.05) is 24.4 Å². The molecule has 0 saturated heterocycles. The molecule has 6 heteroatoms. The monoisotopic (exact) mass is 282 g/mol. The van der Waals surface area contributed by atoms with Gasteiger partial charge in [0.05, 0.1) is 39.2 Å². The average Bonchev–Trinajstić information content (AvgIpc) is 2.36. The zero-order valence-corrected chi connectivity index (χ0v) is 12.3. The molecule has 0 fully saturated rings. The van der Waals surface area contributed by atoms with Gasteiger partial charge in [0.25, 0.3) is 0 Å². The van der Waals surface area contributed by atoms with E-state index in [-0.39, 0.29) is 13.0 Å². The van der Waals surface area contributed by atoms with Gasteiger partial charge in [0.1, 0.15) is 6.61 Å². The molecular weight excluding hydrogens is 260 g/mol. The normalized spacial score (nSPS) is 12.3. The molecule has 0 aliphatic rings. The van der Waals surface area contributed by atoms with Crippen LogP contribution in [0.4, 0.5) is 0 Å². The minimum atomic E-state index is -1.08. The van der Waals surface area contributed by atoms with Gasteiger partial charge in [-0.05, 0) is 6.92 Å². The molecule has 0 N–H and O–H groups in total. The lowest BCUT2D eigenvalue weighted by Crippen LogP contribution is -2.44. The van der Waals surface area contributed by atoms with Crippen molar-refractivity contribution in [3.05, 3.63) is 12.2 Å². The highest BCUT2D eigenvalue weighted by atomic mass is 16.5. The lowest BCUT2D eigenvalue weighted by atomic mass is 10.1. The summed E-state index contributed by atoms with van der Waals surface area (Å²) in [6, 6.07) is 2.09. The Morgan fingerprint density at radius 1 is 1.40 bits per heavy atom. The van der Waals surface area contributed by atoms with E-state index in [4.69, 9.17) is 10.00 Å². The third kappa shape index (κ3) is 8.27. The van der Waals surface area contributed by atoms with Gasteiger partial charge in [-0.15, -0.1) is 0 Å². The Bertz CT molecular complexity index is 410. The van der Waals surface area contributed by atoms with Gasteiger partial charge in [-0.25, -0.2) is 4.79 Å². The van der Waals surface area contributed by atoms with Gasteiger partial charge in [-0.2, -0.15) is 5.26 Å². The van der Waals surface area contributed by atoms with Crippen molar-refractivity contribution in [3.8, 4) is 6.07 Å². The number of hydrogen-bond donors (Lipinski definition) is 0. The molecule has 0 aromatic carbocycles. The van der Waals surface area contributed by atoms with Crippen LogP contribution in [-0.2, 0) is 14.3 Å². The van der Waals surface area contributed by atoms with Crippen molar-refractivity contribution in [2.24, 2.45) is 5.92 Å². The lowest BCUT2D eigenvalue weighted by molar-refractivity contribution is -0.890. The van der Waals surface area contributed by atoms with E-state index in [9.17, 15) is 14.7 Å². The molecular formula is C14H22N2O4. The van der Waals surface area contributed by atoms with Crippen LogP contribution in [0, 0.1) is 17.2 Å². The topological polar surface area (TPSA) is 90.2 Å². The fraction of sp³-hybridized carbons (Fsp3) is 0.643. The average molecular weight is 282 g/mol. The van der Waals surface area contributed by atoms with E-state index in [0.29, 0.717) is 29.6 Å². The van der Waals surface area contributed by atoms with Crippen molar-refractivity contribution in [2.75, 3.05) is 33.8 Å². The zero-order chi connectivity index (χ0) is 15.8. The van der Waals surface area contributed by atoms with Crippen molar-refractivity contribution >= 4 is 11.9 Å². The van der Waals surface area contributed by atoms with Crippen LogP contribution in [-0.4, -0.2) is 50.2 Å². The third-order valence-electron chi connectivity index (χ3n) is 2.95. The Morgan fingerprint density at radius 2 is 2.00 bits per heavy atom. The summed E-state index contributed by atoms with van der Waals surface area (Å²) in [6.07, 6.45) is 0.509. The van der Waals surface area contributed by atoms with Crippen molar-refractivity contribution in [1.29, 1.82) is 5.26 Å². The molecule has 0 radical (unpaired) electrons.